The number of likely N-dealkylation sites (N-methyl/N-ethyl adjacent to an activating group) is 1. The maximum Gasteiger partial charge on any atom is 0.193 e. The molecule has 0 radical (unpaired) electrons. The van der Waals surface area contributed by atoms with Crippen molar-refractivity contribution in [3.8, 4) is 0 Å². The third-order valence-electron chi connectivity index (χ3n) is 6.08. The van der Waals surface area contributed by atoms with Crippen molar-refractivity contribution in [1.82, 2.24) is 20.0 Å². The first-order valence-electron chi connectivity index (χ1n) is 11.1. The highest BCUT2D eigenvalue weighted by Crippen LogP contribution is 2.17. The van der Waals surface area contributed by atoms with E-state index in [9.17, 15) is 4.39 Å². The number of guanidine groups is 1. The Hall–Kier alpha value is -1.86. The normalized spacial score (nSPS) is 19.6. The maximum atomic E-state index is 13.1. The standard InChI is InChI=1S/C22H37FN6/c1-3-26-12-14-27(15-13-26)11-5-4-10-25-22(24-2)29-18-16-28(17-19-29)21-8-6-20(23)7-9-21/h6-9H,3-5,10-19H2,1-2H3,(H,24,25). The number of halogens is 1. The lowest BCUT2D eigenvalue weighted by Crippen LogP contribution is -2.52. The van der Waals surface area contributed by atoms with Gasteiger partial charge >= 0.3 is 0 Å². The molecule has 29 heavy (non-hydrogen) atoms. The highest BCUT2D eigenvalue weighted by atomic mass is 19.1. The first-order chi connectivity index (χ1) is 14.2. The van der Waals surface area contributed by atoms with Crippen molar-refractivity contribution in [2.75, 3.05) is 83.9 Å². The number of rotatable bonds is 7. The number of unbranched alkanes of at least 4 members (excludes halogenated alkanes) is 1. The SMILES string of the molecule is CCN1CCN(CCCCNC(=NC)N2CCN(c3ccc(F)cc3)CC2)CC1. The molecule has 0 amide bonds. The Labute approximate surface area is 175 Å². The van der Waals surface area contributed by atoms with Crippen LogP contribution in [0, 0.1) is 5.82 Å². The van der Waals surface area contributed by atoms with Crippen LogP contribution in [-0.2, 0) is 0 Å². The van der Waals surface area contributed by atoms with Gasteiger partial charge in [0.25, 0.3) is 0 Å². The molecule has 2 aliphatic rings. The molecule has 0 spiro atoms. The van der Waals surface area contributed by atoms with Crippen LogP contribution in [0.5, 0.6) is 0 Å². The summed E-state index contributed by atoms with van der Waals surface area (Å²) in [4.78, 5) is 14.2. The summed E-state index contributed by atoms with van der Waals surface area (Å²) in [7, 11) is 1.86. The quantitative estimate of drug-likeness (QED) is 0.427. The highest BCUT2D eigenvalue weighted by molar-refractivity contribution is 5.80. The fraction of sp³-hybridized carbons (Fsp3) is 0.682. The van der Waals surface area contributed by atoms with Crippen LogP contribution in [0.15, 0.2) is 29.3 Å². The molecular formula is C22H37FN6. The molecule has 0 atom stereocenters. The van der Waals surface area contributed by atoms with Crippen molar-refractivity contribution in [1.29, 1.82) is 0 Å². The van der Waals surface area contributed by atoms with E-state index in [1.54, 1.807) is 0 Å². The van der Waals surface area contributed by atoms with Gasteiger partial charge in [-0.15, -0.1) is 0 Å². The Balaban J connectivity index is 1.31. The third kappa shape index (κ3) is 6.57. The van der Waals surface area contributed by atoms with Gasteiger partial charge < -0.3 is 24.9 Å². The Morgan fingerprint density at radius 2 is 1.59 bits per heavy atom. The zero-order valence-corrected chi connectivity index (χ0v) is 18.1. The van der Waals surface area contributed by atoms with E-state index in [1.165, 1.54) is 64.2 Å². The second kappa shape index (κ2) is 11.4. The number of nitrogens with zero attached hydrogens (tertiary/aromatic N) is 5. The summed E-state index contributed by atoms with van der Waals surface area (Å²) in [6.07, 6.45) is 2.40. The zero-order valence-electron chi connectivity index (χ0n) is 18.1. The van der Waals surface area contributed by atoms with E-state index >= 15 is 0 Å². The molecule has 0 bridgehead atoms. The minimum Gasteiger partial charge on any atom is -0.368 e. The Morgan fingerprint density at radius 1 is 0.931 bits per heavy atom. The van der Waals surface area contributed by atoms with E-state index in [4.69, 9.17) is 0 Å². The predicted octanol–water partition coefficient (Wildman–Crippen LogP) is 1.94. The smallest absolute Gasteiger partial charge is 0.193 e. The Morgan fingerprint density at radius 3 is 2.21 bits per heavy atom. The zero-order chi connectivity index (χ0) is 20.5. The molecule has 2 aliphatic heterocycles. The lowest BCUT2D eigenvalue weighted by Gasteiger charge is -2.37. The number of nitrogens with one attached hydrogen (secondary N) is 1. The fourth-order valence-corrected chi connectivity index (χ4v) is 4.15. The van der Waals surface area contributed by atoms with Crippen molar-refractivity contribution >= 4 is 11.6 Å². The van der Waals surface area contributed by atoms with Gasteiger partial charge in [0.05, 0.1) is 0 Å². The van der Waals surface area contributed by atoms with Gasteiger partial charge in [0.1, 0.15) is 5.82 Å². The molecule has 2 saturated heterocycles. The number of aliphatic imine (C=N–C) groups is 1. The summed E-state index contributed by atoms with van der Waals surface area (Å²) in [6.45, 7) is 14.2. The molecule has 6 nitrogen and oxygen atoms in total. The van der Waals surface area contributed by atoms with Gasteiger partial charge in [0.15, 0.2) is 5.96 Å². The maximum absolute atomic E-state index is 13.1. The summed E-state index contributed by atoms with van der Waals surface area (Å²) in [5.74, 6) is 0.820. The molecular weight excluding hydrogens is 367 g/mol. The minimum atomic E-state index is -0.180. The van der Waals surface area contributed by atoms with Crippen molar-refractivity contribution < 1.29 is 4.39 Å². The van der Waals surface area contributed by atoms with Gasteiger partial charge in [-0.05, 0) is 50.2 Å². The molecule has 162 valence electrons. The Bertz CT molecular complexity index is 619. The van der Waals surface area contributed by atoms with Crippen LogP contribution in [-0.4, -0.2) is 99.7 Å². The van der Waals surface area contributed by atoms with Crippen molar-refractivity contribution in [2.24, 2.45) is 4.99 Å². The molecule has 1 aromatic carbocycles. The van der Waals surface area contributed by atoms with E-state index in [0.29, 0.717) is 0 Å². The van der Waals surface area contributed by atoms with Crippen LogP contribution in [0.4, 0.5) is 10.1 Å². The molecule has 3 rings (SSSR count). The van der Waals surface area contributed by atoms with Gasteiger partial charge in [-0.25, -0.2) is 4.39 Å². The molecule has 1 N–H and O–H groups in total. The van der Waals surface area contributed by atoms with Crippen LogP contribution in [0.2, 0.25) is 0 Å². The van der Waals surface area contributed by atoms with Crippen LogP contribution in [0.3, 0.4) is 0 Å². The number of hydrogen-bond donors (Lipinski definition) is 1. The van der Waals surface area contributed by atoms with Crippen molar-refractivity contribution in [2.45, 2.75) is 19.8 Å². The summed E-state index contributed by atoms with van der Waals surface area (Å²) >= 11 is 0. The summed E-state index contributed by atoms with van der Waals surface area (Å²) < 4.78 is 13.1. The second-order valence-electron chi connectivity index (χ2n) is 7.91. The predicted molar refractivity (Wildman–Crippen MR) is 119 cm³/mol. The number of hydrogen-bond acceptors (Lipinski definition) is 4. The molecule has 0 unspecified atom stereocenters. The fourth-order valence-electron chi connectivity index (χ4n) is 4.15. The van der Waals surface area contributed by atoms with Crippen molar-refractivity contribution in [3.63, 3.8) is 0 Å². The molecule has 7 heteroatoms. The summed E-state index contributed by atoms with van der Waals surface area (Å²) in [5.41, 5.74) is 1.09. The number of piperazine rings is 2. The van der Waals surface area contributed by atoms with Crippen LogP contribution in [0.1, 0.15) is 19.8 Å². The second-order valence-corrected chi connectivity index (χ2v) is 7.91. The van der Waals surface area contributed by atoms with E-state index < -0.39 is 0 Å². The first-order valence-corrected chi connectivity index (χ1v) is 11.1. The molecule has 2 fully saturated rings. The lowest BCUT2D eigenvalue weighted by atomic mass is 10.2. The van der Waals surface area contributed by atoms with Gasteiger partial charge in [0.2, 0.25) is 0 Å². The van der Waals surface area contributed by atoms with Gasteiger partial charge in [-0.1, -0.05) is 6.92 Å². The van der Waals surface area contributed by atoms with E-state index in [0.717, 1.165) is 44.4 Å². The summed E-state index contributed by atoms with van der Waals surface area (Å²) in [5, 5.41) is 3.54. The first kappa shape index (κ1) is 21.8. The van der Waals surface area contributed by atoms with Gasteiger partial charge in [-0.3, -0.25) is 4.99 Å². The third-order valence-corrected chi connectivity index (χ3v) is 6.08. The lowest BCUT2D eigenvalue weighted by molar-refractivity contribution is 0.136. The summed E-state index contributed by atoms with van der Waals surface area (Å²) in [6, 6.07) is 6.79. The van der Waals surface area contributed by atoms with E-state index in [1.807, 2.05) is 19.2 Å². The highest BCUT2D eigenvalue weighted by Gasteiger charge is 2.20. The number of benzene rings is 1. The topological polar surface area (TPSA) is 37.4 Å². The van der Waals surface area contributed by atoms with Gasteiger partial charge in [-0.2, -0.15) is 0 Å². The minimum absolute atomic E-state index is 0.180. The average molecular weight is 405 g/mol. The monoisotopic (exact) mass is 404 g/mol. The molecule has 0 saturated carbocycles. The molecule has 2 heterocycles. The van der Waals surface area contributed by atoms with E-state index in [-0.39, 0.29) is 5.82 Å². The Kier molecular flexibility index (Phi) is 8.55. The van der Waals surface area contributed by atoms with Crippen LogP contribution >= 0.6 is 0 Å². The number of anilines is 1. The van der Waals surface area contributed by atoms with Crippen molar-refractivity contribution in [3.05, 3.63) is 30.1 Å². The van der Waals surface area contributed by atoms with E-state index in [2.05, 4.69) is 36.8 Å². The largest absolute Gasteiger partial charge is 0.368 e. The molecule has 1 aromatic rings. The molecule has 0 aliphatic carbocycles. The van der Waals surface area contributed by atoms with Crippen LogP contribution in [0.25, 0.3) is 0 Å². The average Bonchev–Trinajstić information content (AvgIpc) is 2.77. The molecule has 0 aromatic heterocycles. The van der Waals surface area contributed by atoms with Gasteiger partial charge in [0, 0.05) is 71.6 Å². The van der Waals surface area contributed by atoms with Crippen LogP contribution < -0.4 is 10.2 Å².